The van der Waals surface area contributed by atoms with Crippen molar-refractivity contribution < 1.29 is 20.1 Å². The molecule has 15 heavy (non-hydrogen) atoms. The number of nitrogens with zero attached hydrogens (tertiary/aromatic N) is 1. The van der Waals surface area contributed by atoms with Crippen molar-refractivity contribution in [3.8, 4) is 0 Å². The Morgan fingerprint density at radius 2 is 2.13 bits per heavy atom. The van der Waals surface area contributed by atoms with Crippen LogP contribution in [0.15, 0.2) is 18.5 Å². The molecule has 0 fully saturated rings. The van der Waals surface area contributed by atoms with Gasteiger partial charge in [0.25, 0.3) is 0 Å². The van der Waals surface area contributed by atoms with Gasteiger partial charge in [0.05, 0.1) is 36.7 Å². The lowest BCUT2D eigenvalue weighted by atomic mass is 10.2. The molecule has 0 aromatic carbocycles. The minimum atomic E-state index is -1.09. The number of aromatic nitrogens is 1. The van der Waals surface area contributed by atoms with Crippen LogP contribution in [0.3, 0.4) is 0 Å². The number of carboxylic acids is 1. The van der Waals surface area contributed by atoms with E-state index in [1.807, 2.05) is 0 Å². The van der Waals surface area contributed by atoms with E-state index in [9.17, 15) is 4.79 Å². The molecule has 0 amide bonds. The summed E-state index contributed by atoms with van der Waals surface area (Å²) >= 11 is 0. The fraction of sp³-hybridized carbons (Fsp3) is 0.333. The number of aliphatic hydroxyl groups is 2. The van der Waals surface area contributed by atoms with Gasteiger partial charge in [0, 0.05) is 6.20 Å². The highest BCUT2D eigenvalue weighted by Gasteiger charge is 2.12. The van der Waals surface area contributed by atoms with Crippen molar-refractivity contribution in [2.45, 2.75) is 6.04 Å². The van der Waals surface area contributed by atoms with Gasteiger partial charge in [-0.15, -0.1) is 0 Å². The Kier molecular flexibility index (Phi) is 4.02. The van der Waals surface area contributed by atoms with Crippen molar-refractivity contribution in [2.75, 3.05) is 18.5 Å². The van der Waals surface area contributed by atoms with Crippen LogP contribution in [0, 0.1) is 0 Å². The zero-order valence-electron chi connectivity index (χ0n) is 7.92. The Morgan fingerprint density at radius 3 is 2.67 bits per heavy atom. The predicted molar refractivity (Wildman–Crippen MR) is 52.8 cm³/mol. The van der Waals surface area contributed by atoms with Crippen LogP contribution < -0.4 is 5.32 Å². The summed E-state index contributed by atoms with van der Waals surface area (Å²) in [5.41, 5.74) is 0.329. The smallest absolute Gasteiger partial charge is 0.337 e. The van der Waals surface area contributed by atoms with Crippen molar-refractivity contribution in [2.24, 2.45) is 0 Å². The van der Waals surface area contributed by atoms with E-state index in [0.29, 0.717) is 0 Å². The third-order valence-corrected chi connectivity index (χ3v) is 1.85. The van der Waals surface area contributed by atoms with E-state index in [-0.39, 0.29) is 24.5 Å². The monoisotopic (exact) mass is 212 g/mol. The Balaban J connectivity index is 2.88. The number of pyridine rings is 1. The average molecular weight is 212 g/mol. The number of carboxylic acid groups (broad SMARTS) is 1. The molecule has 0 spiro atoms. The lowest BCUT2D eigenvalue weighted by Crippen LogP contribution is -2.28. The first-order chi connectivity index (χ1) is 7.19. The SMILES string of the molecule is O=C(O)c1ccncc1NC(CO)CO. The van der Waals surface area contributed by atoms with Crippen molar-refractivity contribution in [1.29, 1.82) is 0 Å². The van der Waals surface area contributed by atoms with Gasteiger partial charge in [-0.3, -0.25) is 4.98 Å². The summed E-state index contributed by atoms with van der Waals surface area (Å²) in [7, 11) is 0. The van der Waals surface area contributed by atoms with Crippen LogP contribution in [-0.2, 0) is 0 Å². The molecule has 1 heterocycles. The van der Waals surface area contributed by atoms with Crippen LogP contribution in [0.1, 0.15) is 10.4 Å². The van der Waals surface area contributed by atoms with Crippen molar-refractivity contribution >= 4 is 11.7 Å². The highest BCUT2D eigenvalue weighted by atomic mass is 16.4. The van der Waals surface area contributed by atoms with Crippen molar-refractivity contribution in [1.82, 2.24) is 4.98 Å². The minimum absolute atomic E-state index is 0.0527. The molecule has 4 N–H and O–H groups in total. The average Bonchev–Trinajstić information content (AvgIpc) is 2.26. The van der Waals surface area contributed by atoms with Gasteiger partial charge in [-0.1, -0.05) is 0 Å². The van der Waals surface area contributed by atoms with Gasteiger partial charge in [-0.05, 0) is 6.07 Å². The van der Waals surface area contributed by atoms with E-state index in [2.05, 4.69) is 10.3 Å². The summed E-state index contributed by atoms with van der Waals surface area (Å²) in [5, 5.41) is 29.2. The van der Waals surface area contributed by atoms with Crippen LogP contribution >= 0.6 is 0 Å². The second kappa shape index (κ2) is 5.28. The van der Waals surface area contributed by atoms with Crippen LogP contribution in [0.25, 0.3) is 0 Å². The molecule has 0 aliphatic rings. The zero-order valence-corrected chi connectivity index (χ0v) is 7.92. The molecule has 1 rings (SSSR count). The molecule has 6 heteroatoms. The van der Waals surface area contributed by atoms with E-state index in [1.165, 1.54) is 18.5 Å². The lowest BCUT2D eigenvalue weighted by Gasteiger charge is -2.15. The standard InChI is InChI=1S/C9H12N2O4/c12-4-6(5-13)11-8-3-10-2-1-7(8)9(14)15/h1-3,6,11-13H,4-5H2,(H,14,15). The molecule has 0 atom stereocenters. The van der Waals surface area contributed by atoms with Crippen LogP contribution in [-0.4, -0.2) is 45.5 Å². The van der Waals surface area contributed by atoms with E-state index in [4.69, 9.17) is 15.3 Å². The van der Waals surface area contributed by atoms with Crippen LogP contribution in [0.2, 0.25) is 0 Å². The summed E-state index contributed by atoms with van der Waals surface area (Å²) in [6, 6.07) is 0.753. The number of rotatable bonds is 5. The van der Waals surface area contributed by atoms with Gasteiger partial charge in [0.1, 0.15) is 0 Å². The van der Waals surface area contributed by atoms with Gasteiger partial charge in [-0.25, -0.2) is 4.79 Å². The Morgan fingerprint density at radius 1 is 1.47 bits per heavy atom. The number of carbonyl (C=O) groups is 1. The highest BCUT2D eigenvalue weighted by Crippen LogP contribution is 2.14. The molecule has 1 aromatic heterocycles. The zero-order chi connectivity index (χ0) is 11.3. The maximum atomic E-state index is 10.8. The van der Waals surface area contributed by atoms with Crippen LogP contribution in [0.5, 0.6) is 0 Å². The number of hydrogen-bond donors (Lipinski definition) is 4. The second-order valence-corrected chi connectivity index (χ2v) is 2.93. The van der Waals surface area contributed by atoms with E-state index >= 15 is 0 Å². The second-order valence-electron chi connectivity index (χ2n) is 2.93. The molecule has 0 bridgehead atoms. The lowest BCUT2D eigenvalue weighted by molar-refractivity contribution is 0.0697. The Bertz CT molecular complexity index is 339. The molecule has 6 nitrogen and oxygen atoms in total. The maximum absolute atomic E-state index is 10.8. The summed E-state index contributed by atoms with van der Waals surface area (Å²) in [5.74, 6) is -1.09. The summed E-state index contributed by atoms with van der Waals surface area (Å²) in [6.45, 7) is -0.574. The van der Waals surface area contributed by atoms with E-state index in [0.717, 1.165) is 0 Å². The van der Waals surface area contributed by atoms with Gasteiger partial charge in [-0.2, -0.15) is 0 Å². The number of nitrogens with one attached hydrogen (secondary N) is 1. The fourth-order valence-electron chi connectivity index (χ4n) is 1.06. The van der Waals surface area contributed by atoms with Crippen molar-refractivity contribution in [3.05, 3.63) is 24.0 Å². The number of aromatic carboxylic acids is 1. The molecule has 0 saturated heterocycles. The highest BCUT2D eigenvalue weighted by molar-refractivity contribution is 5.93. The predicted octanol–water partition coefficient (Wildman–Crippen LogP) is -0.455. The summed E-state index contributed by atoms with van der Waals surface area (Å²) < 4.78 is 0. The van der Waals surface area contributed by atoms with Crippen LogP contribution in [0.4, 0.5) is 5.69 Å². The Labute approximate surface area is 86.2 Å². The van der Waals surface area contributed by atoms with E-state index < -0.39 is 12.0 Å². The molecule has 1 aromatic rings. The molecular formula is C9H12N2O4. The fourth-order valence-corrected chi connectivity index (χ4v) is 1.06. The van der Waals surface area contributed by atoms with Gasteiger partial charge >= 0.3 is 5.97 Å². The molecule has 0 radical (unpaired) electrons. The normalized spacial score (nSPS) is 10.3. The van der Waals surface area contributed by atoms with Crippen molar-refractivity contribution in [3.63, 3.8) is 0 Å². The molecular weight excluding hydrogens is 200 g/mol. The topological polar surface area (TPSA) is 103 Å². The number of aliphatic hydroxyl groups excluding tert-OH is 2. The van der Waals surface area contributed by atoms with E-state index in [1.54, 1.807) is 0 Å². The summed E-state index contributed by atoms with van der Waals surface area (Å²) in [4.78, 5) is 14.5. The number of anilines is 1. The first kappa shape index (κ1) is 11.4. The third kappa shape index (κ3) is 2.90. The first-order valence-electron chi connectivity index (χ1n) is 4.34. The molecule has 0 aliphatic carbocycles. The third-order valence-electron chi connectivity index (χ3n) is 1.85. The maximum Gasteiger partial charge on any atom is 0.337 e. The Hall–Kier alpha value is -1.66. The summed E-state index contributed by atoms with van der Waals surface area (Å²) in [6.07, 6.45) is 2.70. The molecule has 82 valence electrons. The van der Waals surface area contributed by atoms with Gasteiger partial charge < -0.3 is 20.6 Å². The van der Waals surface area contributed by atoms with Gasteiger partial charge in [0.2, 0.25) is 0 Å². The largest absolute Gasteiger partial charge is 0.478 e. The molecule has 0 aliphatic heterocycles. The molecule has 0 saturated carbocycles. The van der Waals surface area contributed by atoms with Gasteiger partial charge in [0.15, 0.2) is 0 Å². The minimum Gasteiger partial charge on any atom is -0.478 e. The first-order valence-corrected chi connectivity index (χ1v) is 4.34. The quantitative estimate of drug-likeness (QED) is 0.527. The molecule has 0 unspecified atom stereocenters. The number of hydrogen-bond acceptors (Lipinski definition) is 5.